The second-order valence-electron chi connectivity index (χ2n) is 4.78. The van der Waals surface area contributed by atoms with Crippen LogP contribution >= 0.6 is 0 Å². The van der Waals surface area contributed by atoms with Crippen LogP contribution in [0.2, 0.25) is 0 Å². The fourth-order valence-corrected chi connectivity index (χ4v) is 2.27. The van der Waals surface area contributed by atoms with E-state index in [1.807, 2.05) is 30.3 Å². The number of carbonyl (C=O) groups excluding carboxylic acids is 1. The number of ketones is 1. The van der Waals surface area contributed by atoms with Crippen LogP contribution in [0.3, 0.4) is 0 Å². The zero-order valence-electron chi connectivity index (χ0n) is 10.7. The molecule has 1 atom stereocenters. The fourth-order valence-electron chi connectivity index (χ4n) is 2.27. The molecule has 0 bridgehead atoms. The van der Waals surface area contributed by atoms with E-state index in [1.165, 1.54) is 19.3 Å². The van der Waals surface area contributed by atoms with Gasteiger partial charge in [0.05, 0.1) is 0 Å². The summed E-state index contributed by atoms with van der Waals surface area (Å²) in [5.74, 6) is 0.0622. The van der Waals surface area contributed by atoms with Gasteiger partial charge in [-0.15, -0.1) is 0 Å². The third-order valence-electron chi connectivity index (χ3n) is 3.35. The Labute approximate surface area is 109 Å². The smallest absolute Gasteiger partial charge is 0.188 e. The van der Waals surface area contributed by atoms with Gasteiger partial charge >= 0.3 is 0 Å². The lowest BCUT2D eigenvalue weighted by Gasteiger charge is -2.23. The van der Waals surface area contributed by atoms with Gasteiger partial charge in [0.25, 0.3) is 0 Å². The highest BCUT2D eigenvalue weighted by molar-refractivity contribution is 5.96. The number of Topliss-reactive ketones (excluding diaryl/α,β-unsaturated/α-hetero) is 1. The molecule has 0 radical (unpaired) electrons. The molecule has 98 valence electrons. The maximum atomic E-state index is 11.8. The topological polar surface area (TPSA) is 38.3 Å². The van der Waals surface area contributed by atoms with Crippen molar-refractivity contribution in [3.8, 4) is 0 Å². The van der Waals surface area contributed by atoms with Crippen LogP contribution in [0.1, 0.15) is 36.0 Å². The Balaban J connectivity index is 1.62. The minimum atomic E-state index is 0.0622. The van der Waals surface area contributed by atoms with Crippen LogP contribution in [0.5, 0.6) is 0 Å². The van der Waals surface area contributed by atoms with Gasteiger partial charge in [-0.25, -0.2) is 0 Å². The van der Waals surface area contributed by atoms with Crippen molar-refractivity contribution in [3.05, 3.63) is 35.9 Å². The van der Waals surface area contributed by atoms with Gasteiger partial charge < -0.3 is 10.1 Å². The molecule has 3 nitrogen and oxygen atoms in total. The van der Waals surface area contributed by atoms with Crippen molar-refractivity contribution < 1.29 is 9.53 Å². The summed E-state index contributed by atoms with van der Waals surface area (Å²) in [7, 11) is 0. The van der Waals surface area contributed by atoms with Crippen LogP contribution in [0, 0.1) is 0 Å². The summed E-state index contributed by atoms with van der Waals surface area (Å²) >= 11 is 0. The van der Waals surface area contributed by atoms with Crippen molar-refractivity contribution in [2.45, 2.75) is 31.7 Å². The molecule has 1 aliphatic heterocycles. The van der Waals surface area contributed by atoms with Crippen molar-refractivity contribution in [3.63, 3.8) is 0 Å². The number of nitrogens with one attached hydrogen (secondary N) is 1. The predicted octanol–water partition coefficient (Wildman–Crippen LogP) is 2.42. The van der Waals surface area contributed by atoms with Crippen LogP contribution < -0.4 is 5.32 Å². The standard InChI is InChI=1S/C15H21NO2/c17-15(13-6-2-1-3-7-13)12-18-11-9-14-8-4-5-10-16-14/h1-3,6-7,14,16H,4-5,8-12H2. The molecule has 3 heteroatoms. The second-order valence-corrected chi connectivity index (χ2v) is 4.78. The fraction of sp³-hybridized carbons (Fsp3) is 0.533. The van der Waals surface area contributed by atoms with Crippen molar-refractivity contribution in [1.29, 1.82) is 0 Å². The average Bonchev–Trinajstić information content (AvgIpc) is 2.45. The molecule has 0 aromatic heterocycles. The summed E-state index contributed by atoms with van der Waals surface area (Å²) < 4.78 is 5.46. The molecule has 18 heavy (non-hydrogen) atoms. The van der Waals surface area contributed by atoms with Gasteiger partial charge in [0.1, 0.15) is 6.61 Å². The molecule has 0 saturated carbocycles. The Morgan fingerprint density at radius 2 is 2.11 bits per heavy atom. The highest BCUT2D eigenvalue weighted by Gasteiger charge is 2.12. The van der Waals surface area contributed by atoms with Crippen LogP contribution in [-0.4, -0.2) is 31.6 Å². The monoisotopic (exact) mass is 247 g/mol. The Bertz CT molecular complexity index is 358. The van der Waals surface area contributed by atoms with Crippen LogP contribution in [0.25, 0.3) is 0 Å². The zero-order chi connectivity index (χ0) is 12.6. The maximum absolute atomic E-state index is 11.8. The maximum Gasteiger partial charge on any atom is 0.188 e. The minimum Gasteiger partial charge on any atom is -0.373 e. The number of carbonyl (C=O) groups is 1. The molecule has 0 spiro atoms. The number of hydrogen-bond acceptors (Lipinski definition) is 3. The van der Waals surface area contributed by atoms with Gasteiger partial charge in [0, 0.05) is 18.2 Å². The molecule has 0 amide bonds. The lowest BCUT2D eigenvalue weighted by Crippen LogP contribution is -2.34. The van der Waals surface area contributed by atoms with Crippen molar-refractivity contribution in [2.75, 3.05) is 19.8 Å². The van der Waals surface area contributed by atoms with E-state index in [4.69, 9.17) is 4.74 Å². The lowest BCUT2D eigenvalue weighted by molar-refractivity contribution is 0.0736. The highest BCUT2D eigenvalue weighted by atomic mass is 16.5. The minimum absolute atomic E-state index is 0.0622. The first-order valence-corrected chi connectivity index (χ1v) is 6.75. The van der Waals surface area contributed by atoms with E-state index >= 15 is 0 Å². The summed E-state index contributed by atoms with van der Waals surface area (Å²) in [4.78, 5) is 11.8. The number of piperidine rings is 1. The van der Waals surface area contributed by atoms with Gasteiger partial charge in [-0.3, -0.25) is 4.79 Å². The van der Waals surface area contributed by atoms with E-state index in [0.717, 1.165) is 18.5 Å². The third kappa shape index (κ3) is 4.24. The Hall–Kier alpha value is -1.19. The molecule has 1 aliphatic rings. The van der Waals surface area contributed by atoms with E-state index in [9.17, 15) is 4.79 Å². The molecule has 1 saturated heterocycles. The first kappa shape index (κ1) is 13.2. The number of benzene rings is 1. The second kappa shape index (κ2) is 7.29. The average molecular weight is 247 g/mol. The predicted molar refractivity (Wildman–Crippen MR) is 71.9 cm³/mol. The highest BCUT2D eigenvalue weighted by Crippen LogP contribution is 2.10. The van der Waals surface area contributed by atoms with E-state index < -0.39 is 0 Å². The summed E-state index contributed by atoms with van der Waals surface area (Å²) in [5, 5.41) is 3.47. The largest absolute Gasteiger partial charge is 0.373 e. The van der Waals surface area contributed by atoms with E-state index in [-0.39, 0.29) is 12.4 Å². The van der Waals surface area contributed by atoms with Crippen LogP contribution in [0.4, 0.5) is 0 Å². The number of rotatable bonds is 6. The molecule has 1 N–H and O–H groups in total. The summed E-state index contributed by atoms with van der Waals surface area (Å²) in [6.45, 7) is 1.97. The van der Waals surface area contributed by atoms with Gasteiger partial charge in [-0.05, 0) is 25.8 Å². The van der Waals surface area contributed by atoms with Crippen molar-refractivity contribution in [2.24, 2.45) is 0 Å². The van der Waals surface area contributed by atoms with Gasteiger partial charge in [-0.1, -0.05) is 36.8 Å². The Kier molecular flexibility index (Phi) is 5.36. The van der Waals surface area contributed by atoms with Gasteiger partial charge in [0.2, 0.25) is 0 Å². The third-order valence-corrected chi connectivity index (χ3v) is 3.35. The van der Waals surface area contributed by atoms with Crippen LogP contribution in [0.15, 0.2) is 30.3 Å². The van der Waals surface area contributed by atoms with Gasteiger partial charge in [0.15, 0.2) is 5.78 Å². The lowest BCUT2D eigenvalue weighted by atomic mass is 10.0. The SMILES string of the molecule is O=C(COCCC1CCCCN1)c1ccccc1. The quantitative estimate of drug-likeness (QED) is 0.619. The van der Waals surface area contributed by atoms with Crippen molar-refractivity contribution >= 4 is 5.78 Å². The van der Waals surface area contributed by atoms with E-state index in [0.29, 0.717) is 12.6 Å². The molecule has 2 rings (SSSR count). The summed E-state index contributed by atoms with van der Waals surface area (Å²) in [5.41, 5.74) is 0.730. The number of ether oxygens (including phenoxy) is 1. The van der Waals surface area contributed by atoms with Crippen LogP contribution in [-0.2, 0) is 4.74 Å². The normalized spacial score (nSPS) is 19.7. The molecule has 1 aromatic rings. The zero-order valence-corrected chi connectivity index (χ0v) is 10.7. The number of hydrogen-bond donors (Lipinski definition) is 1. The molecular formula is C15H21NO2. The summed E-state index contributed by atoms with van der Waals surface area (Å²) in [6.07, 6.45) is 4.82. The molecule has 1 heterocycles. The molecule has 1 unspecified atom stereocenters. The van der Waals surface area contributed by atoms with Gasteiger partial charge in [-0.2, -0.15) is 0 Å². The van der Waals surface area contributed by atoms with E-state index in [1.54, 1.807) is 0 Å². The molecular weight excluding hydrogens is 226 g/mol. The molecule has 1 fully saturated rings. The molecule has 0 aliphatic carbocycles. The first-order chi connectivity index (χ1) is 8.86. The Morgan fingerprint density at radius 3 is 2.83 bits per heavy atom. The van der Waals surface area contributed by atoms with Crippen molar-refractivity contribution in [1.82, 2.24) is 5.32 Å². The van der Waals surface area contributed by atoms with E-state index in [2.05, 4.69) is 5.32 Å². The first-order valence-electron chi connectivity index (χ1n) is 6.75. The molecule has 1 aromatic carbocycles. The Morgan fingerprint density at radius 1 is 1.28 bits per heavy atom. The summed E-state index contributed by atoms with van der Waals surface area (Å²) in [6, 6.07) is 9.89.